The summed E-state index contributed by atoms with van der Waals surface area (Å²) in [7, 11) is 0. The molecule has 6 nitrogen and oxygen atoms in total. The van der Waals surface area contributed by atoms with E-state index in [4.69, 9.17) is 4.74 Å². The quantitative estimate of drug-likeness (QED) is 0.847. The van der Waals surface area contributed by atoms with Crippen molar-refractivity contribution < 1.29 is 14.3 Å². The second kappa shape index (κ2) is 8.44. The molecule has 146 valence electrons. The minimum Gasteiger partial charge on any atom is -0.450 e. The molecule has 1 aromatic heterocycles. The molecule has 0 aliphatic carbocycles. The fourth-order valence-electron chi connectivity index (χ4n) is 3.25. The normalized spacial score (nSPS) is 12.9. The van der Waals surface area contributed by atoms with Crippen molar-refractivity contribution in [1.29, 1.82) is 5.26 Å². The molecule has 3 rings (SSSR count). The SMILES string of the molecule is CCOC(=O)N1CCc2c(sc(NC(=O)Cc3ccc(C)c(C)c3)c2C#N)C1. The molecule has 0 saturated heterocycles. The maximum Gasteiger partial charge on any atom is 0.410 e. The Morgan fingerprint density at radius 2 is 2.11 bits per heavy atom. The molecular formula is C21H23N3O3S. The summed E-state index contributed by atoms with van der Waals surface area (Å²) >= 11 is 1.37. The zero-order valence-corrected chi connectivity index (χ0v) is 17.1. The van der Waals surface area contributed by atoms with Crippen molar-refractivity contribution in [3.63, 3.8) is 0 Å². The van der Waals surface area contributed by atoms with Crippen LogP contribution in [0, 0.1) is 25.2 Å². The van der Waals surface area contributed by atoms with Crippen LogP contribution in [0.25, 0.3) is 0 Å². The second-order valence-corrected chi connectivity index (χ2v) is 7.94. The standard InChI is InChI=1S/C21H23N3O3S/c1-4-27-21(26)24-8-7-16-17(11-22)20(28-18(16)12-24)23-19(25)10-15-6-5-13(2)14(3)9-15/h5-6,9H,4,7-8,10,12H2,1-3H3,(H,23,25). The van der Waals surface area contributed by atoms with Crippen LogP contribution in [0.3, 0.4) is 0 Å². The minimum absolute atomic E-state index is 0.152. The molecule has 0 spiro atoms. The van der Waals surface area contributed by atoms with Crippen molar-refractivity contribution in [2.75, 3.05) is 18.5 Å². The number of carbonyl (C=O) groups is 2. The second-order valence-electron chi connectivity index (χ2n) is 6.83. The zero-order chi connectivity index (χ0) is 20.3. The van der Waals surface area contributed by atoms with Crippen LogP contribution in [-0.2, 0) is 28.9 Å². The average Bonchev–Trinajstić information content (AvgIpc) is 3.00. The van der Waals surface area contributed by atoms with Crippen LogP contribution in [-0.4, -0.2) is 30.1 Å². The first kappa shape index (κ1) is 19.9. The van der Waals surface area contributed by atoms with Crippen molar-refractivity contribution in [2.24, 2.45) is 0 Å². The van der Waals surface area contributed by atoms with Gasteiger partial charge >= 0.3 is 6.09 Å². The monoisotopic (exact) mass is 397 g/mol. The van der Waals surface area contributed by atoms with Gasteiger partial charge in [0.05, 0.1) is 25.1 Å². The number of carbonyl (C=O) groups excluding carboxylic acids is 2. The van der Waals surface area contributed by atoms with Crippen molar-refractivity contribution in [3.8, 4) is 6.07 Å². The molecule has 1 N–H and O–H groups in total. The van der Waals surface area contributed by atoms with Crippen molar-refractivity contribution in [2.45, 2.75) is 40.2 Å². The molecule has 0 saturated carbocycles. The number of fused-ring (bicyclic) bond motifs is 1. The van der Waals surface area contributed by atoms with Crippen LogP contribution >= 0.6 is 11.3 Å². The first-order valence-electron chi connectivity index (χ1n) is 9.25. The highest BCUT2D eigenvalue weighted by atomic mass is 32.1. The van der Waals surface area contributed by atoms with E-state index in [0.717, 1.165) is 21.6 Å². The van der Waals surface area contributed by atoms with Gasteiger partial charge in [-0.25, -0.2) is 4.79 Å². The number of nitriles is 1. The summed E-state index contributed by atoms with van der Waals surface area (Å²) in [6, 6.07) is 8.19. The maximum atomic E-state index is 12.5. The van der Waals surface area contributed by atoms with Crippen molar-refractivity contribution in [1.82, 2.24) is 4.90 Å². The zero-order valence-electron chi connectivity index (χ0n) is 16.3. The summed E-state index contributed by atoms with van der Waals surface area (Å²) < 4.78 is 5.07. The Bertz CT molecular complexity index is 959. The van der Waals surface area contributed by atoms with E-state index in [9.17, 15) is 14.9 Å². The third kappa shape index (κ3) is 4.18. The largest absolute Gasteiger partial charge is 0.450 e. The fourth-order valence-corrected chi connectivity index (χ4v) is 4.48. The summed E-state index contributed by atoms with van der Waals surface area (Å²) in [4.78, 5) is 27.1. The molecule has 2 heterocycles. The van der Waals surface area contributed by atoms with E-state index in [1.807, 2.05) is 32.0 Å². The van der Waals surface area contributed by atoms with Gasteiger partial charge in [-0.15, -0.1) is 11.3 Å². The van der Waals surface area contributed by atoms with Gasteiger partial charge in [0, 0.05) is 11.4 Å². The smallest absolute Gasteiger partial charge is 0.410 e. The molecule has 2 amide bonds. The van der Waals surface area contributed by atoms with Gasteiger partial charge in [-0.3, -0.25) is 4.79 Å². The molecule has 2 aromatic rings. The number of benzene rings is 1. The molecule has 0 unspecified atom stereocenters. The van der Waals surface area contributed by atoms with Crippen LogP contribution in [0.4, 0.5) is 9.80 Å². The lowest BCUT2D eigenvalue weighted by molar-refractivity contribution is -0.115. The minimum atomic E-state index is -0.347. The molecule has 1 aliphatic rings. The highest BCUT2D eigenvalue weighted by molar-refractivity contribution is 7.16. The first-order valence-corrected chi connectivity index (χ1v) is 10.1. The Morgan fingerprint density at radius 1 is 1.32 bits per heavy atom. The maximum absolute atomic E-state index is 12.5. The highest BCUT2D eigenvalue weighted by Crippen LogP contribution is 2.36. The van der Waals surface area contributed by atoms with Gasteiger partial charge in [-0.05, 0) is 49.4 Å². The summed E-state index contributed by atoms with van der Waals surface area (Å²) in [5.41, 5.74) is 4.71. The lowest BCUT2D eigenvalue weighted by Gasteiger charge is -2.25. The van der Waals surface area contributed by atoms with Crippen LogP contribution in [0.2, 0.25) is 0 Å². The molecule has 0 bridgehead atoms. The Labute approximate surface area is 168 Å². The van der Waals surface area contributed by atoms with E-state index in [0.29, 0.717) is 36.7 Å². The summed E-state index contributed by atoms with van der Waals surface area (Å²) in [5, 5.41) is 13.0. The van der Waals surface area contributed by atoms with Crippen molar-refractivity contribution in [3.05, 3.63) is 50.9 Å². The molecule has 0 atom stereocenters. The molecule has 28 heavy (non-hydrogen) atoms. The number of hydrogen-bond donors (Lipinski definition) is 1. The third-order valence-electron chi connectivity index (χ3n) is 4.88. The number of anilines is 1. The number of rotatable bonds is 4. The van der Waals surface area contributed by atoms with Crippen LogP contribution in [0.1, 0.15) is 39.6 Å². The number of hydrogen-bond acceptors (Lipinski definition) is 5. The molecule has 0 fully saturated rings. The summed E-state index contributed by atoms with van der Waals surface area (Å²) in [6.45, 7) is 7.07. The van der Waals surface area contributed by atoms with Crippen LogP contribution < -0.4 is 5.32 Å². The van der Waals surface area contributed by atoms with Gasteiger partial charge in [-0.2, -0.15) is 5.26 Å². The average molecular weight is 398 g/mol. The van der Waals surface area contributed by atoms with E-state index in [2.05, 4.69) is 11.4 Å². The number of ether oxygens (including phenoxy) is 1. The van der Waals surface area contributed by atoms with Crippen LogP contribution in [0.5, 0.6) is 0 Å². The number of thiophene rings is 1. The predicted octanol–water partition coefficient (Wildman–Crippen LogP) is 3.93. The Morgan fingerprint density at radius 3 is 2.79 bits per heavy atom. The fraction of sp³-hybridized carbons (Fsp3) is 0.381. The van der Waals surface area contributed by atoms with Crippen molar-refractivity contribution >= 4 is 28.3 Å². The van der Waals surface area contributed by atoms with Gasteiger partial charge in [0.1, 0.15) is 11.1 Å². The Balaban J connectivity index is 1.74. The van der Waals surface area contributed by atoms with E-state index in [1.54, 1.807) is 11.8 Å². The summed E-state index contributed by atoms with van der Waals surface area (Å²) in [5.74, 6) is -0.152. The molecular weight excluding hydrogens is 374 g/mol. The molecule has 1 aromatic carbocycles. The van der Waals surface area contributed by atoms with Gasteiger partial charge in [0.15, 0.2) is 0 Å². The van der Waals surface area contributed by atoms with Crippen LogP contribution in [0.15, 0.2) is 18.2 Å². The first-order chi connectivity index (χ1) is 13.4. The number of nitrogens with zero attached hydrogens (tertiary/aromatic N) is 2. The van der Waals surface area contributed by atoms with Gasteiger partial charge in [0.25, 0.3) is 0 Å². The van der Waals surface area contributed by atoms with Gasteiger partial charge < -0.3 is 15.0 Å². The number of amides is 2. The van der Waals surface area contributed by atoms with E-state index in [-0.39, 0.29) is 18.4 Å². The lowest BCUT2D eigenvalue weighted by atomic mass is 10.0. The summed E-state index contributed by atoms with van der Waals surface area (Å²) in [6.07, 6.45) is 0.491. The number of nitrogens with one attached hydrogen (secondary N) is 1. The molecule has 0 radical (unpaired) electrons. The molecule has 7 heteroatoms. The predicted molar refractivity (Wildman–Crippen MR) is 108 cm³/mol. The van der Waals surface area contributed by atoms with Gasteiger partial charge in [0.2, 0.25) is 5.91 Å². The Kier molecular flexibility index (Phi) is 6.00. The topological polar surface area (TPSA) is 82.4 Å². The highest BCUT2D eigenvalue weighted by Gasteiger charge is 2.28. The van der Waals surface area contributed by atoms with E-state index >= 15 is 0 Å². The number of aryl methyl sites for hydroxylation is 2. The Hall–Kier alpha value is -2.85. The molecule has 1 aliphatic heterocycles. The van der Waals surface area contributed by atoms with E-state index in [1.165, 1.54) is 16.9 Å². The van der Waals surface area contributed by atoms with E-state index < -0.39 is 0 Å². The lowest BCUT2D eigenvalue weighted by Crippen LogP contribution is -2.35. The third-order valence-corrected chi connectivity index (χ3v) is 6.02. The van der Waals surface area contributed by atoms with Gasteiger partial charge in [-0.1, -0.05) is 18.2 Å².